The average Bonchev–Trinajstić information content (AvgIpc) is 2.27. The first-order valence-electron chi connectivity index (χ1n) is 4.74. The predicted molar refractivity (Wildman–Crippen MR) is 57.8 cm³/mol. The largest absolute Gasteiger partial charge is 0.456 e. The number of esters is 1. The molecule has 0 atom stereocenters. The third kappa shape index (κ3) is 3.45. The molecule has 0 saturated carbocycles. The summed E-state index contributed by atoms with van der Waals surface area (Å²) in [5, 5.41) is 0. The fraction of sp³-hybridized carbons (Fsp3) is 0.250. The lowest BCUT2D eigenvalue weighted by Crippen LogP contribution is -2.01. The number of hydrogen-bond acceptors (Lipinski definition) is 3. The molecule has 15 heavy (non-hydrogen) atoms. The SMILES string of the molecule is CCOC(=O)C#Cc1ccccc1CN. The third-order valence-electron chi connectivity index (χ3n) is 1.81. The van der Waals surface area contributed by atoms with E-state index in [0.717, 1.165) is 11.1 Å². The van der Waals surface area contributed by atoms with Crippen molar-refractivity contribution in [1.29, 1.82) is 0 Å². The van der Waals surface area contributed by atoms with Crippen LogP contribution in [-0.2, 0) is 16.1 Å². The van der Waals surface area contributed by atoms with Crippen molar-refractivity contribution in [3.05, 3.63) is 35.4 Å². The first kappa shape index (κ1) is 11.3. The van der Waals surface area contributed by atoms with Crippen molar-refractivity contribution in [1.82, 2.24) is 0 Å². The van der Waals surface area contributed by atoms with E-state index >= 15 is 0 Å². The highest BCUT2D eigenvalue weighted by Gasteiger charge is 1.97. The Kier molecular flexibility index (Phi) is 4.39. The Balaban J connectivity index is 2.83. The van der Waals surface area contributed by atoms with E-state index in [4.69, 9.17) is 10.5 Å². The molecule has 0 heterocycles. The molecule has 1 aromatic rings. The van der Waals surface area contributed by atoms with Gasteiger partial charge >= 0.3 is 5.97 Å². The smallest absolute Gasteiger partial charge is 0.384 e. The minimum absolute atomic E-state index is 0.339. The molecule has 0 aliphatic carbocycles. The topological polar surface area (TPSA) is 52.3 Å². The number of rotatable bonds is 2. The van der Waals surface area contributed by atoms with Crippen LogP contribution in [-0.4, -0.2) is 12.6 Å². The van der Waals surface area contributed by atoms with E-state index in [1.165, 1.54) is 0 Å². The van der Waals surface area contributed by atoms with E-state index < -0.39 is 5.97 Å². The molecule has 0 amide bonds. The molecule has 3 nitrogen and oxygen atoms in total. The van der Waals surface area contributed by atoms with Gasteiger partial charge in [-0.1, -0.05) is 24.1 Å². The summed E-state index contributed by atoms with van der Waals surface area (Å²) in [6.45, 7) is 2.49. The normalized spacial score (nSPS) is 8.93. The highest BCUT2D eigenvalue weighted by molar-refractivity contribution is 5.89. The van der Waals surface area contributed by atoms with E-state index in [0.29, 0.717) is 13.2 Å². The zero-order valence-corrected chi connectivity index (χ0v) is 8.62. The van der Waals surface area contributed by atoms with E-state index in [1.807, 2.05) is 24.3 Å². The number of benzene rings is 1. The van der Waals surface area contributed by atoms with Crippen LogP contribution < -0.4 is 5.73 Å². The van der Waals surface area contributed by atoms with E-state index in [1.54, 1.807) is 6.92 Å². The van der Waals surface area contributed by atoms with Gasteiger partial charge in [-0.2, -0.15) is 0 Å². The molecule has 78 valence electrons. The molecule has 3 heteroatoms. The van der Waals surface area contributed by atoms with Gasteiger partial charge in [-0.05, 0) is 18.6 Å². The van der Waals surface area contributed by atoms with Crippen molar-refractivity contribution in [2.45, 2.75) is 13.5 Å². The highest BCUT2D eigenvalue weighted by Crippen LogP contribution is 2.05. The molecule has 1 aromatic carbocycles. The van der Waals surface area contributed by atoms with Crippen LogP contribution in [0.5, 0.6) is 0 Å². The summed E-state index contributed by atoms with van der Waals surface area (Å²) < 4.78 is 4.69. The summed E-state index contributed by atoms with van der Waals surface area (Å²) in [6, 6.07) is 7.45. The molecule has 0 unspecified atom stereocenters. The number of carbonyl (C=O) groups is 1. The van der Waals surface area contributed by atoms with Crippen molar-refractivity contribution in [2.75, 3.05) is 6.61 Å². The molecule has 0 bridgehead atoms. The van der Waals surface area contributed by atoms with Gasteiger partial charge in [0.15, 0.2) is 0 Å². The predicted octanol–water partition coefficient (Wildman–Crippen LogP) is 1.06. The van der Waals surface area contributed by atoms with Gasteiger partial charge in [0, 0.05) is 18.0 Å². The number of ether oxygens (including phenoxy) is 1. The Morgan fingerprint density at radius 3 is 2.87 bits per heavy atom. The zero-order valence-electron chi connectivity index (χ0n) is 8.62. The number of hydrogen-bond donors (Lipinski definition) is 1. The molecule has 0 radical (unpaired) electrons. The molecule has 0 saturated heterocycles. The van der Waals surface area contributed by atoms with Gasteiger partial charge in [-0.3, -0.25) is 0 Å². The summed E-state index contributed by atoms with van der Waals surface area (Å²) >= 11 is 0. The summed E-state index contributed by atoms with van der Waals surface area (Å²) in [4.78, 5) is 11.0. The summed E-state index contributed by atoms with van der Waals surface area (Å²) in [5.41, 5.74) is 7.23. The van der Waals surface area contributed by atoms with Crippen LogP contribution in [0.3, 0.4) is 0 Å². The van der Waals surface area contributed by atoms with Crippen LogP contribution in [0.1, 0.15) is 18.1 Å². The second-order valence-electron chi connectivity index (χ2n) is 2.83. The van der Waals surface area contributed by atoms with Crippen molar-refractivity contribution >= 4 is 5.97 Å². The molecule has 0 aromatic heterocycles. The maximum absolute atomic E-state index is 11.0. The minimum Gasteiger partial charge on any atom is -0.456 e. The average molecular weight is 203 g/mol. The molecule has 0 aliphatic rings. The molecular formula is C12H13NO2. The second kappa shape index (κ2) is 5.84. The highest BCUT2D eigenvalue weighted by atomic mass is 16.5. The quantitative estimate of drug-likeness (QED) is 0.577. The van der Waals surface area contributed by atoms with Gasteiger partial charge < -0.3 is 10.5 Å². The lowest BCUT2D eigenvalue weighted by Gasteiger charge is -1.98. The molecule has 0 spiro atoms. The number of nitrogens with two attached hydrogens (primary N) is 1. The van der Waals surface area contributed by atoms with Crippen molar-refractivity contribution < 1.29 is 9.53 Å². The van der Waals surface area contributed by atoms with Crippen molar-refractivity contribution in [2.24, 2.45) is 5.73 Å². The Hall–Kier alpha value is -1.79. The monoisotopic (exact) mass is 203 g/mol. The van der Waals surface area contributed by atoms with Gasteiger partial charge in [0.05, 0.1) is 6.61 Å². The minimum atomic E-state index is -0.510. The second-order valence-corrected chi connectivity index (χ2v) is 2.83. The fourth-order valence-electron chi connectivity index (χ4n) is 1.11. The first-order chi connectivity index (χ1) is 7.27. The number of carbonyl (C=O) groups excluding carboxylic acids is 1. The van der Waals surface area contributed by atoms with Crippen molar-refractivity contribution in [3.63, 3.8) is 0 Å². The van der Waals surface area contributed by atoms with Gasteiger partial charge in [-0.15, -0.1) is 0 Å². The van der Waals surface area contributed by atoms with Gasteiger partial charge in [0.2, 0.25) is 0 Å². The van der Waals surface area contributed by atoms with Gasteiger partial charge in [-0.25, -0.2) is 4.79 Å². The zero-order chi connectivity index (χ0) is 11.1. The van der Waals surface area contributed by atoms with Crippen LogP contribution in [0.15, 0.2) is 24.3 Å². The maximum atomic E-state index is 11.0. The Morgan fingerprint density at radius 1 is 1.47 bits per heavy atom. The van der Waals surface area contributed by atoms with Crippen LogP contribution >= 0.6 is 0 Å². The molecule has 2 N–H and O–H groups in total. The molecular weight excluding hydrogens is 190 g/mol. The van der Waals surface area contributed by atoms with Crippen LogP contribution in [0, 0.1) is 11.8 Å². The Bertz CT molecular complexity index is 402. The van der Waals surface area contributed by atoms with Gasteiger partial charge in [0.1, 0.15) is 0 Å². The van der Waals surface area contributed by atoms with E-state index in [-0.39, 0.29) is 0 Å². The van der Waals surface area contributed by atoms with Gasteiger partial charge in [0.25, 0.3) is 0 Å². The lowest BCUT2D eigenvalue weighted by atomic mass is 10.1. The fourth-order valence-corrected chi connectivity index (χ4v) is 1.11. The summed E-state index contributed by atoms with van der Waals surface area (Å²) in [5.74, 6) is 4.64. The van der Waals surface area contributed by atoms with Crippen LogP contribution in [0.25, 0.3) is 0 Å². The summed E-state index contributed by atoms with van der Waals surface area (Å²) in [7, 11) is 0. The standard InChI is InChI=1S/C12H13NO2/c1-2-15-12(14)8-7-10-5-3-4-6-11(10)9-13/h3-6H,2,9,13H2,1H3. The lowest BCUT2D eigenvalue weighted by molar-refractivity contribution is -0.136. The third-order valence-corrected chi connectivity index (χ3v) is 1.81. The first-order valence-corrected chi connectivity index (χ1v) is 4.74. The van der Waals surface area contributed by atoms with Crippen LogP contribution in [0.4, 0.5) is 0 Å². The Labute approximate surface area is 89.2 Å². The Morgan fingerprint density at radius 2 is 2.20 bits per heavy atom. The summed E-state index contributed by atoms with van der Waals surface area (Å²) in [6.07, 6.45) is 0. The van der Waals surface area contributed by atoms with E-state index in [9.17, 15) is 4.79 Å². The van der Waals surface area contributed by atoms with Crippen LogP contribution in [0.2, 0.25) is 0 Å². The molecule has 0 aliphatic heterocycles. The molecule has 1 rings (SSSR count). The van der Waals surface area contributed by atoms with E-state index in [2.05, 4.69) is 11.8 Å². The van der Waals surface area contributed by atoms with Crippen molar-refractivity contribution in [3.8, 4) is 11.8 Å². The maximum Gasteiger partial charge on any atom is 0.384 e. The molecule has 0 fully saturated rings.